The van der Waals surface area contributed by atoms with Gasteiger partial charge in [-0.3, -0.25) is 4.79 Å². The first-order chi connectivity index (χ1) is 11.0. The van der Waals surface area contributed by atoms with E-state index in [2.05, 4.69) is 21.3 Å². The van der Waals surface area contributed by atoms with Gasteiger partial charge in [0.2, 0.25) is 5.91 Å². The standard InChI is InChI=1S/C17H28N4O2/c1-13(8-9-15-7-5-10-20(15)3)19-17(23)21-11-4-6-14(12-21)16(22)18-2/h5,7,10,13-14H,4,6,8-9,11-12H2,1-3H3,(H,18,22)(H,19,23)/t13-,14+/m0/s1. The Hall–Kier alpha value is -1.98. The predicted octanol–water partition coefficient (Wildman–Crippen LogP) is 1.51. The van der Waals surface area contributed by atoms with E-state index in [1.165, 1.54) is 5.69 Å². The van der Waals surface area contributed by atoms with E-state index in [1.807, 2.05) is 26.2 Å². The van der Waals surface area contributed by atoms with Gasteiger partial charge in [0.1, 0.15) is 0 Å². The van der Waals surface area contributed by atoms with Gasteiger partial charge < -0.3 is 20.1 Å². The molecule has 0 aromatic carbocycles. The maximum atomic E-state index is 12.4. The highest BCUT2D eigenvalue weighted by Gasteiger charge is 2.28. The van der Waals surface area contributed by atoms with Crippen LogP contribution in [0.3, 0.4) is 0 Å². The summed E-state index contributed by atoms with van der Waals surface area (Å²) in [6.45, 7) is 3.26. The van der Waals surface area contributed by atoms with E-state index in [4.69, 9.17) is 0 Å². The molecule has 1 aliphatic rings. The summed E-state index contributed by atoms with van der Waals surface area (Å²) < 4.78 is 2.10. The van der Waals surface area contributed by atoms with Crippen LogP contribution in [0.1, 0.15) is 31.9 Å². The Morgan fingerprint density at radius 3 is 2.87 bits per heavy atom. The molecule has 1 aliphatic heterocycles. The lowest BCUT2D eigenvalue weighted by Crippen LogP contribution is -2.50. The molecule has 3 amide bonds. The summed E-state index contributed by atoms with van der Waals surface area (Å²) in [6.07, 6.45) is 5.60. The fourth-order valence-electron chi connectivity index (χ4n) is 3.07. The smallest absolute Gasteiger partial charge is 0.317 e. The SMILES string of the molecule is CNC(=O)[C@@H]1CCCN(C(=O)N[C@@H](C)CCc2cccn2C)C1. The minimum atomic E-state index is -0.0850. The third kappa shape index (κ3) is 4.74. The Morgan fingerprint density at radius 2 is 2.22 bits per heavy atom. The molecule has 1 saturated heterocycles. The third-order valence-corrected chi connectivity index (χ3v) is 4.58. The molecule has 23 heavy (non-hydrogen) atoms. The highest BCUT2D eigenvalue weighted by Crippen LogP contribution is 2.17. The summed E-state index contributed by atoms with van der Waals surface area (Å²) >= 11 is 0. The minimum absolute atomic E-state index is 0.0271. The number of hydrogen-bond donors (Lipinski definition) is 2. The minimum Gasteiger partial charge on any atom is -0.359 e. The summed E-state index contributed by atoms with van der Waals surface area (Å²) in [5.41, 5.74) is 1.27. The lowest BCUT2D eigenvalue weighted by Gasteiger charge is -2.32. The van der Waals surface area contributed by atoms with Gasteiger partial charge in [-0.15, -0.1) is 0 Å². The Kier molecular flexibility index (Phi) is 6.07. The van der Waals surface area contributed by atoms with Crippen LogP contribution in [0.4, 0.5) is 4.79 Å². The molecule has 2 heterocycles. The zero-order valence-electron chi connectivity index (χ0n) is 14.3. The quantitative estimate of drug-likeness (QED) is 0.864. The number of nitrogens with one attached hydrogen (secondary N) is 2. The highest BCUT2D eigenvalue weighted by molar-refractivity contribution is 5.80. The summed E-state index contributed by atoms with van der Waals surface area (Å²) in [5.74, 6) is -0.0579. The van der Waals surface area contributed by atoms with Crippen molar-refractivity contribution in [2.24, 2.45) is 13.0 Å². The van der Waals surface area contributed by atoms with Gasteiger partial charge in [-0.05, 0) is 44.7 Å². The Bertz CT molecular complexity index is 540. The normalized spacial score (nSPS) is 19.3. The molecular weight excluding hydrogens is 292 g/mol. The van der Waals surface area contributed by atoms with Crippen molar-refractivity contribution in [3.63, 3.8) is 0 Å². The number of piperidine rings is 1. The van der Waals surface area contributed by atoms with Gasteiger partial charge in [0.25, 0.3) is 0 Å². The number of aromatic nitrogens is 1. The molecule has 0 radical (unpaired) electrons. The van der Waals surface area contributed by atoms with Gasteiger partial charge in [0, 0.05) is 45.1 Å². The van der Waals surface area contributed by atoms with Crippen molar-refractivity contribution < 1.29 is 9.59 Å². The largest absolute Gasteiger partial charge is 0.359 e. The summed E-state index contributed by atoms with van der Waals surface area (Å²) in [5, 5.41) is 5.73. The van der Waals surface area contributed by atoms with Gasteiger partial charge >= 0.3 is 6.03 Å². The van der Waals surface area contributed by atoms with Gasteiger partial charge in [-0.2, -0.15) is 0 Å². The topological polar surface area (TPSA) is 66.4 Å². The van der Waals surface area contributed by atoms with Crippen LogP contribution in [0, 0.1) is 5.92 Å². The van der Waals surface area contributed by atoms with E-state index in [-0.39, 0.29) is 23.9 Å². The van der Waals surface area contributed by atoms with Gasteiger partial charge in [-0.25, -0.2) is 4.79 Å². The van der Waals surface area contributed by atoms with Crippen LogP contribution in [0.2, 0.25) is 0 Å². The second kappa shape index (κ2) is 8.04. The molecule has 128 valence electrons. The fraction of sp³-hybridized carbons (Fsp3) is 0.647. The Morgan fingerprint density at radius 1 is 1.43 bits per heavy atom. The average molecular weight is 320 g/mol. The van der Waals surface area contributed by atoms with Gasteiger partial charge in [-0.1, -0.05) is 0 Å². The molecule has 6 nitrogen and oxygen atoms in total. The number of amides is 3. The van der Waals surface area contributed by atoms with E-state index in [9.17, 15) is 9.59 Å². The molecule has 1 fully saturated rings. The zero-order chi connectivity index (χ0) is 16.8. The van der Waals surface area contributed by atoms with Crippen LogP contribution >= 0.6 is 0 Å². The number of carbonyl (C=O) groups is 2. The molecule has 6 heteroatoms. The average Bonchev–Trinajstić information content (AvgIpc) is 2.97. The number of likely N-dealkylation sites (tertiary alicyclic amines) is 1. The van der Waals surface area contributed by atoms with Crippen LogP contribution in [0.5, 0.6) is 0 Å². The van der Waals surface area contributed by atoms with E-state index >= 15 is 0 Å². The lowest BCUT2D eigenvalue weighted by atomic mass is 9.97. The van der Waals surface area contributed by atoms with Crippen molar-refractivity contribution in [2.75, 3.05) is 20.1 Å². The molecule has 1 aromatic rings. The van der Waals surface area contributed by atoms with Crippen molar-refractivity contribution >= 4 is 11.9 Å². The second-order valence-corrected chi connectivity index (χ2v) is 6.40. The molecule has 0 saturated carbocycles. The number of aryl methyl sites for hydroxylation is 2. The van der Waals surface area contributed by atoms with Gasteiger partial charge in [0.15, 0.2) is 0 Å². The van der Waals surface area contributed by atoms with Crippen molar-refractivity contribution in [1.82, 2.24) is 20.1 Å². The second-order valence-electron chi connectivity index (χ2n) is 6.40. The first-order valence-electron chi connectivity index (χ1n) is 8.38. The molecule has 2 rings (SSSR count). The third-order valence-electron chi connectivity index (χ3n) is 4.58. The molecule has 0 spiro atoms. The highest BCUT2D eigenvalue weighted by atomic mass is 16.2. The van der Waals surface area contributed by atoms with Crippen LogP contribution in [0.25, 0.3) is 0 Å². The molecule has 1 aromatic heterocycles. The lowest BCUT2D eigenvalue weighted by molar-refractivity contribution is -0.125. The van der Waals surface area contributed by atoms with Crippen LogP contribution in [-0.4, -0.2) is 47.6 Å². The fourth-order valence-corrected chi connectivity index (χ4v) is 3.07. The Balaban J connectivity index is 1.78. The first-order valence-corrected chi connectivity index (χ1v) is 8.38. The van der Waals surface area contributed by atoms with Crippen molar-refractivity contribution in [3.05, 3.63) is 24.0 Å². The van der Waals surface area contributed by atoms with Gasteiger partial charge in [0.05, 0.1) is 5.92 Å². The number of nitrogens with zero attached hydrogens (tertiary/aromatic N) is 2. The van der Waals surface area contributed by atoms with Crippen molar-refractivity contribution in [3.8, 4) is 0 Å². The summed E-state index contributed by atoms with van der Waals surface area (Å²) in [6, 6.07) is 4.19. The molecule has 0 unspecified atom stereocenters. The predicted molar refractivity (Wildman–Crippen MR) is 90.1 cm³/mol. The number of rotatable bonds is 5. The van der Waals surface area contributed by atoms with Crippen molar-refractivity contribution in [2.45, 2.75) is 38.6 Å². The monoisotopic (exact) mass is 320 g/mol. The van der Waals surface area contributed by atoms with E-state index in [0.29, 0.717) is 6.54 Å². The molecule has 2 atom stereocenters. The summed E-state index contributed by atoms with van der Waals surface area (Å²) in [4.78, 5) is 25.9. The number of carbonyl (C=O) groups excluding carboxylic acids is 2. The molecule has 2 N–H and O–H groups in total. The number of urea groups is 1. The van der Waals surface area contributed by atoms with E-state index < -0.39 is 0 Å². The van der Waals surface area contributed by atoms with E-state index in [0.717, 1.165) is 32.2 Å². The van der Waals surface area contributed by atoms with Crippen LogP contribution in [-0.2, 0) is 18.3 Å². The molecule has 0 bridgehead atoms. The molecule has 0 aliphatic carbocycles. The van der Waals surface area contributed by atoms with Crippen LogP contribution < -0.4 is 10.6 Å². The van der Waals surface area contributed by atoms with Crippen molar-refractivity contribution in [1.29, 1.82) is 0 Å². The maximum Gasteiger partial charge on any atom is 0.317 e. The number of hydrogen-bond acceptors (Lipinski definition) is 2. The Labute approximate surface area is 138 Å². The zero-order valence-corrected chi connectivity index (χ0v) is 14.3. The first kappa shape index (κ1) is 17.4. The summed E-state index contributed by atoms with van der Waals surface area (Å²) in [7, 11) is 3.68. The maximum absolute atomic E-state index is 12.4. The van der Waals surface area contributed by atoms with E-state index in [1.54, 1.807) is 11.9 Å². The molecular formula is C17H28N4O2. The van der Waals surface area contributed by atoms with Crippen LogP contribution in [0.15, 0.2) is 18.3 Å².